The fourth-order valence-corrected chi connectivity index (χ4v) is 6.00. The van der Waals surface area contributed by atoms with Crippen molar-refractivity contribution in [2.75, 3.05) is 18.6 Å². The molecule has 12 heteroatoms. The molecule has 8 nitrogen and oxygen atoms in total. The summed E-state index contributed by atoms with van der Waals surface area (Å²) in [6.45, 7) is 2.72. The molecule has 1 aliphatic carbocycles. The summed E-state index contributed by atoms with van der Waals surface area (Å²) in [6.07, 6.45) is 2.20. The van der Waals surface area contributed by atoms with Crippen LogP contribution in [0.3, 0.4) is 0 Å². The normalized spacial score (nSPS) is 19.0. The molecule has 1 aliphatic heterocycles. The van der Waals surface area contributed by atoms with Gasteiger partial charge in [-0.05, 0) is 72.7 Å². The fraction of sp³-hybridized carbons (Fsp3) is 0.483. The van der Waals surface area contributed by atoms with Gasteiger partial charge in [0, 0.05) is 41.9 Å². The second-order valence-corrected chi connectivity index (χ2v) is 11.1. The number of para-hydroxylation sites is 1. The van der Waals surface area contributed by atoms with Crippen molar-refractivity contribution in [2.45, 2.75) is 76.4 Å². The Morgan fingerprint density at radius 2 is 1.93 bits per heavy atom. The second-order valence-electron chi connectivity index (χ2n) is 10.3. The zero-order valence-corrected chi connectivity index (χ0v) is 24.3. The van der Waals surface area contributed by atoms with E-state index >= 15 is 0 Å². The summed E-state index contributed by atoms with van der Waals surface area (Å²) in [5.74, 6) is 0.840. The second kappa shape index (κ2) is 12.4. The molecule has 0 spiro atoms. The Labute approximate surface area is 244 Å². The first kappa shape index (κ1) is 29.4. The summed E-state index contributed by atoms with van der Waals surface area (Å²) < 4.78 is 60.7. The Balaban J connectivity index is 1.30. The van der Waals surface area contributed by atoms with E-state index in [2.05, 4.69) is 42.6 Å². The summed E-state index contributed by atoms with van der Waals surface area (Å²) in [7, 11) is 1.33. The van der Waals surface area contributed by atoms with Gasteiger partial charge in [0.2, 0.25) is 0 Å². The highest BCUT2D eigenvalue weighted by Gasteiger charge is 2.37. The van der Waals surface area contributed by atoms with E-state index in [1.165, 1.54) is 31.5 Å². The van der Waals surface area contributed by atoms with Crippen molar-refractivity contribution in [2.24, 2.45) is 0 Å². The molecule has 2 fully saturated rings. The lowest BCUT2D eigenvalue weighted by atomic mass is 10.0. The van der Waals surface area contributed by atoms with Crippen molar-refractivity contribution in [3.63, 3.8) is 0 Å². The van der Waals surface area contributed by atoms with Crippen molar-refractivity contribution < 1.29 is 36.7 Å². The number of carbonyl (C=O) groups excluding carboxylic acids is 1. The van der Waals surface area contributed by atoms with E-state index in [0.29, 0.717) is 35.2 Å². The van der Waals surface area contributed by atoms with Crippen LogP contribution in [-0.2, 0) is 16.1 Å². The molecule has 1 saturated heterocycles. The summed E-state index contributed by atoms with van der Waals surface area (Å²) in [4.78, 5) is 18.8. The lowest BCUT2D eigenvalue weighted by molar-refractivity contribution is -0.274. The quantitative estimate of drug-likeness (QED) is 0.159. The average Bonchev–Trinajstić information content (AvgIpc) is 3.58. The number of rotatable bonds is 11. The molecule has 0 amide bonds. The van der Waals surface area contributed by atoms with Gasteiger partial charge >= 0.3 is 12.3 Å². The fourth-order valence-electron chi connectivity index (χ4n) is 5.45. The molecule has 3 heterocycles. The van der Waals surface area contributed by atoms with E-state index in [4.69, 9.17) is 14.0 Å². The Bertz CT molecular complexity index is 1380. The van der Waals surface area contributed by atoms with Crippen molar-refractivity contribution in [1.29, 1.82) is 0 Å². The number of ether oxygens (including phenoxy) is 3. The topological polar surface area (TPSA) is 86.9 Å². The van der Waals surface area contributed by atoms with Crippen LogP contribution in [0, 0.1) is 0 Å². The Morgan fingerprint density at radius 3 is 2.61 bits per heavy atom. The minimum Gasteiger partial charge on any atom is -0.465 e. The molecule has 0 radical (unpaired) electrons. The van der Waals surface area contributed by atoms with Gasteiger partial charge in [0.1, 0.15) is 23.0 Å². The number of aromatic nitrogens is 2. The molecule has 2 atom stereocenters. The zero-order valence-electron chi connectivity index (χ0n) is 22.7. The first-order valence-electron chi connectivity index (χ1n) is 13.6. The molecular formula is C29H31BrF3N3O5. The number of benzene rings is 1. The molecule has 5 rings (SSSR count). The van der Waals surface area contributed by atoms with Crippen LogP contribution in [0.5, 0.6) is 5.75 Å². The first-order valence-corrected chi connectivity index (χ1v) is 14.4. The molecule has 41 heavy (non-hydrogen) atoms. The minimum atomic E-state index is -4.83. The number of esters is 1. The van der Waals surface area contributed by atoms with Gasteiger partial charge in [-0.3, -0.25) is 0 Å². The highest BCUT2D eigenvalue weighted by Crippen LogP contribution is 2.46. The summed E-state index contributed by atoms with van der Waals surface area (Å²) in [5.41, 5.74) is 1.54. The van der Waals surface area contributed by atoms with Crippen LogP contribution in [0.1, 0.15) is 73.0 Å². The number of pyridine rings is 1. The number of hydrogen-bond donors (Lipinski definition) is 0. The van der Waals surface area contributed by atoms with Crippen LogP contribution in [0.15, 0.2) is 45.5 Å². The molecule has 2 aliphatic rings. The van der Waals surface area contributed by atoms with Crippen molar-refractivity contribution in [3.8, 4) is 17.0 Å². The largest absolute Gasteiger partial charge is 0.573 e. The molecule has 0 N–H and O–H groups in total. The van der Waals surface area contributed by atoms with Crippen LogP contribution in [-0.4, -0.2) is 48.3 Å². The smallest absolute Gasteiger partial charge is 0.465 e. The number of alkyl halides is 3. The third kappa shape index (κ3) is 6.69. The number of anilines is 1. The van der Waals surface area contributed by atoms with Gasteiger partial charge in [-0.15, -0.1) is 13.2 Å². The molecular weight excluding hydrogens is 607 g/mol. The van der Waals surface area contributed by atoms with E-state index in [-0.39, 0.29) is 29.9 Å². The highest BCUT2D eigenvalue weighted by molar-refractivity contribution is 9.10. The minimum absolute atomic E-state index is 0.157. The molecule has 1 aromatic carbocycles. The third-order valence-corrected chi connectivity index (χ3v) is 8.14. The van der Waals surface area contributed by atoms with Gasteiger partial charge in [0.25, 0.3) is 0 Å². The molecule has 2 aromatic heterocycles. The van der Waals surface area contributed by atoms with Crippen LogP contribution in [0.4, 0.5) is 19.0 Å². The molecule has 1 saturated carbocycles. The average molecular weight is 638 g/mol. The zero-order chi connectivity index (χ0) is 29.1. The Kier molecular flexibility index (Phi) is 8.88. The van der Waals surface area contributed by atoms with Gasteiger partial charge in [-0.1, -0.05) is 24.2 Å². The number of halogens is 4. The van der Waals surface area contributed by atoms with Crippen LogP contribution in [0.2, 0.25) is 0 Å². The third-order valence-electron chi connectivity index (χ3n) is 7.55. The standard InChI is InChI=1S/C29H31BrF3N3O5/c1-3-19-10-11-20(36(19)27-23(30)14-18(15-34-27)28(37)38-2)12-13-39-16-22-25(35-41-26(22)17-8-9-17)21-6-4-5-7-24(21)40-29(31,32)33/h4-7,14-15,17,19-20H,3,8-13,16H2,1-2H3/t19?,20-/m0/s1. The van der Waals surface area contributed by atoms with E-state index in [1.54, 1.807) is 12.1 Å². The molecule has 3 aromatic rings. The van der Waals surface area contributed by atoms with Crippen LogP contribution < -0.4 is 9.64 Å². The Hall–Kier alpha value is -3.12. The number of hydrogen-bond acceptors (Lipinski definition) is 8. The number of nitrogens with zero attached hydrogens (tertiary/aromatic N) is 3. The SMILES string of the molecule is CCC1CC[C@@H](CCOCc2c(-c3ccccc3OC(F)(F)F)noc2C2CC2)N1c1ncc(C(=O)OC)cc1Br. The lowest BCUT2D eigenvalue weighted by Crippen LogP contribution is -2.37. The van der Waals surface area contributed by atoms with Crippen LogP contribution >= 0.6 is 15.9 Å². The molecule has 0 bridgehead atoms. The molecule has 1 unspecified atom stereocenters. The van der Waals surface area contributed by atoms with E-state index in [9.17, 15) is 18.0 Å². The van der Waals surface area contributed by atoms with Gasteiger partial charge in [-0.25, -0.2) is 9.78 Å². The van der Waals surface area contributed by atoms with Gasteiger partial charge in [-0.2, -0.15) is 0 Å². The summed E-state index contributed by atoms with van der Waals surface area (Å²) in [6, 6.07) is 8.11. The lowest BCUT2D eigenvalue weighted by Gasteiger charge is -2.32. The number of methoxy groups -OCH3 is 1. The van der Waals surface area contributed by atoms with E-state index < -0.39 is 12.3 Å². The van der Waals surface area contributed by atoms with Crippen LogP contribution in [0.25, 0.3) is 11.3 Å². The predicted octanol–water partition coefficient (Wildman–Crippen LogP) is 7.42. The van der Waals surface area contributed by atoms with Crippen molar-refractivity contribution in [1.82, 2.24) is 10.1 Å². The van der Waals surface area contributed by atoms with Crippen molar-refractivity contribution in [3.05, 3.63) is 57.9 Å². The summed E-state index contributed by atoms with van der Waals surface area (Å²) in [5, 5.41) is 4.15. The first-order chi connectivity index (χ1) is 19.7. The predicted molar refractivity (Wildman–Crippen MR) is 148 cm³/mol. The van der Waals surface area contributed by atoms with Gasteiger partial charge in [0.05, 0.1) is 23.8 Å². The number of carbonyl (C=O) groups is 1. The maximum atomic E-state index is 13.1. The van der Waals surface area contributed by atoms with E-state index in [0.717, 1.165) is 48.8 Å². The van der Waals surface area contributed by atoms with Gasteiger partial charge < -0.3 is 23.6 Å². The highest BCUT2D eigenvalue weighted by atomic mass is 79.9. The maximum Gasteiger partial charge on any atom is 0.573 e. The van der Waals surface area contributed by atoms with Crippen molar-refractivity contribution >= 4 is 27.7 Å². The Morgan fingerprint density at radius 1 is 1.17 bits per heavy atom. The van der Waals surface area contributed by atoms with E-state index in [1.807, 2.05) is 0 Å². The summed E-state index contributed by atoms with van der Waals surface area (Å²) >= 11 is 3.59. The molecule has 220 valence electrons. The maximum absolute atomic E-state index is 13.1. The van der Waals surface area contributed by atoms with Gasteiger partial charge in [0.15, 0.2) is 0 Å². The monoisotopic (exact) mass is 637 g/mol.